The van der Waals surface area contributed by atoms with Crippen molar-refractivity contribution in [3.05, 3.63) is 35.9 Å². The standard InChI is InChI=1S/C18H26N4O3/c1-4-11-19-15(23)12-21(3)13-22-16(24)18(5-2,20-17(22)25)14-9-7-6-8-10-14/h6-10H,4-5,11-13H2,1-3H3,(H,19,23)(H,20,25)/t18-/m1/s1. The molecule has 7 heteroatoms. The summed E-state index contributed by atoms with van der Waals surface area (Å²) in [6.07, 6.45) is 1.32. The molecule has 0 saturated carbocycles. The summed E-state index contributed by atoms with van der Waals surface area (Å²) in [5, 5.41) is 5.62. The lowest BCUT2D eigenvalue weighted by Gasteiger charge is -2.27. The molecule has 0 aliphatic carbocycles. The third-order valence-electron chi connectivity index (χ3n) is 4.34. The summed E-state index contributed by atoms with van der Waals surface area (Å²) in [6, 6.07) is 8.81. The third-order valence-corrected chi connectivity index (χ3v) is 4.34. The highest BCUT2D eigenvalue weighted by Crippen LogP contribution is 2.32. The number of amides is 4. The van der Waals surface area contributed by atoms with Crippen molar-refractivity contribution in [2.75, 3.05) is 26.8 Å². The summed E-state index contributed by atoms with van der Waals surface area (Å²) in [5.74, 6) is -0.409. The van der Waals surface area contributed by atoms with Crippen LogP contribution in [-0.2, 0) is 15.1 Å². The van der Waals surface area contributed by atoms with Gasteiger partial charge in [0.2, 0.25) is 5.91 Å². The molecule has 0 bridgehead atoms. The van der Waals surface area contributed by atoms with Crippen molar-refractivity contribution in [1.82, 2.24) is 20.4 Å². The second-order valence-electron chi connectivity index (χ2n) is 6.29. The van der Waals surface area contributed by atoms with Gasteiger partial charge in [0.05, 0.1) is 13.2 Å². The molecule has 1 atom stereocenters. The van der Waals surface area contributed by atoms with Crippen LogP contribution in [0.5, 0.6) is 0 Å². The van der Waals surface area contributed by atoms with Crippen molar-refractivity contribution in [3.8, 4) is 0 Å². The Morgan fingerprint density at radius 2 is 1.92 bits per heavy atom. The summed E-state index contributed by atoms with van der Waals surface area (Å²) in [5.41, 5.74) is -0.273. The maximum absolute atomic E-state index is 13.0. The molecular weight excluding hydrogens is 320 g/mol. The number of imide groups is 1. The van der Waals surface area contributed by atoms with Crippen LogP contribution in [0.3, 0.4) is 0 Å². The molecule has 2 N–H and O–H groups in total. The van der Waals surface area contributed by atoms with Crippen LogP contribution < -0.4 is 10.6 Å². The minimum atomic E-state index is -1.04. The van der Waals surface area contributed by atoms with Gasteiger partial charge in [-0.25, -0.2) is 9.69 Å². The van der Waals surface area contributed by atoms with Gasteiger partial charge >= 0.3 is 6.03 Å². The summed E-state index contributed by atoms with van der Waals surface area (Å²) in [6.45, 7) is 4.66. The van der Waals surface area contributed by atoms with Crippen LogP contribution in [0.1, 0.15) is 32.3 Å². The largest absolute Gasteiger partial charge is 0.355 e. The molecular formula is C18H26N4O3. The molecule has 1 fully saturated rings. The molecule has 0 aromatic heterocycles. The lowest BCUT2D eigenvalue weighted by molar-refractivity contribution is -0.134. The van der Waals surface area contributed by atoms with E-state index in [1.807, 2.05) is 44.2 Å². The zero-order chi connectivity index (χ0) is 18.4. The monoisotopic (exact) mass is 346 g/mol. The number of hydrogen-bond acceptors (Lipinski definition) is 4. The number of benzene rings is 1. The smallest absolute Gasteiger partial charge is 0.326 e. The predicted octanol–water partition coefficient (Wildman–Crippen LogP) is 1.26. The van der Waals surface area contributed by atoms with Gasteiger partial charge < -0.3 is 10.6 Å². The molecule has 1 saturated heterocycles. The molecule has 1 aliphatic heterocycles. The van der Waals surface area contributed by atoms with Crippen molar-refractivity contribution < 1.29 is 14.4 Å². The van der Waals surface area contributed by atoms with Gasteiger partial charge in [0.15, 0.2) is 0 Å². The molecule has 1 aliphatic rings. The molecule has 136 valence electrons. The molecule has 1 heterocycles. The Kier molecular flexibility index (Phi) is 6.14. The van der Waals surface area contributed by atoms with E-state index in [1.165, 1.54) is 4.90 Å². The van der Waals surface area contributed by atoms with Crippen LogP contribution >= 0.6 is 0 Å². The highest BCUT2D eigenvalue weighted by Gasteiger charge is 2.51. The van der Waals surface area contributed by atoms with E-state index in [-0.39, 0.29) is 25.0 Å². The Morgan fingerprint density at radius 3 is 2.52 bits per heavy atom. The van der Waals surface area contributed by atoms with Crippen LogP contribution in [0.25, 0.3) is 0 Å². The average molecular weight is 346 g/mol. The van der Waals surface area contributed by atoms with Gasteiger partial charge in [0.25, 0.3) is 5.91 Å². The Bertz CT molecular complexity index is 634. The first kappa shape index (κ1) is 18.9. The molecule has 2 rings (SSSR count). The van der Waals surface area contributed by atoms with Crippen LogP contribution in [0.4, 0.5) is 4.79 Å². The van der Waals surface area contributed by atoms with Crippen LogP contribution in [-0.4, -0.2) is 54.5 Å². The van der Waals surface area contributed by atoms with E-state index in [1.54, 1.807) is 11.9 Å². The lowest BCUT2D eigenvalue weighted by atomic mass is 9.87. The van der Waals surface area contributed by atoms with Crippen molar-refractivity contribution >= 4 is 17.8 Å². The molecule has 1 aromatic rings. The molecule has 0 radical (unpaired) electrons. The van der Waals surface area contributed by atoms with Gasteiger partial charge in [-0.3, -0.25) is 14.5 Å². The fourth-order valence-electron chi connectivity index (χ4n) is 2.97. The van der Waals surface area contributed by atoms with Gasteiger partial charge in [0.1, 0.15) is 5.54 Å². The lowest BCUT2D eigenvalue weighted by Crippen LogP contribution is -2.46. The molecule has 4 amide bonds. The van der Waals surface area contributed by atoms with E-state index in [4.69, 9.17) is 0 Å². The molecule has 1 aromatic carbocycles. The van der Waals surface area contributed by atoms with Crippen molar-refractivity contribution in [3.63, 3.8) is 0 Å². The SMILES string of the molecule is CCCNC(=O)CN(C)CN1C(=O)N[C@](CC)(c2ccccc2)C1=O. The summed E-state index contributed by atoms with van der Waals surface area (Å²) < 4.78 is 0. The fraction of sp³-hybridized carbons (Fsp3) is 0.500. The number of rotatable bonds is 8. The van der Waals surface area contributed by atoms with Crippen molar-refractivity contribution in [2.45, 2.75) is 32.2 Å². The number of hydrogen-bond donors (Lipinski definition) is 2. The topological polar surface area (TPSA) is 81.8 Å². The van der Waals surface area contributed by atoms with Gasteiger partial charge in [-0.1, -0.05) is 44.2 Å². The van der Waals surface area contributed by atoms with Gasteiger partial charge in [-0.05, 0) is 25.5 Å². The Morgan fingerprint density at radius 1 is 1.24 bits per heavy atom. The highest BCUT2D eigenvalue weighted by atomic mass is 16.2. The maximum Gasteiger partial charge on any atom is 0.326 e. The van der Waals surface area contributed by atoms with Gasteiger partial charge in [-0.2, -0.15) is 0 Å². The quantitative estimate of drug-likeness (QED) is 0.695. The Hall–Kier alpha value is -2.41. The molecule has 0 spiro atoms. The van der Waals surface area contributed by atoms with Crippen LogP contribution in [0.2, 0.25) is 0 Å². The second kappa shape index (κ2) is 8.11. The van der Waals surface area contributed by atoms with Gasteiger partial charge in [0, 0.05) is 6.54 Å². The summed E-state index contributed by atoms with van der Waals surface area (Å²) in [7, 11) is 1.71. The normalized spacial score (nSPS) is 20.1. The second-order valence-corrected chi connectivity index (χ2v) is 6.29. The summed E-state index contributed by atoms with van der Waals surface area (Å²) >= 11 is 0. The molecule has 25 heavy (non-hydrogen) atoms. The molecule has 7 nitrogen and oxygen atoms in total. The van der Waals surface area contributed by atoms with Crippen LogP contribution in [0, 0.1) is 0 Å². The summed E-state index contributed by atoms with van der Waals surface area (Å²) in [4.78, 5) is 40.0. The van der Waals surface area contributed by atoms with E-state index < -0.39 is 11.6 Å². The minimum absolute atomic E-state index is 0.0682. The highest BCUT2D eigenvalue weighted by molar-refractivity contribution is 6.07. The Labute approximate surface area is 148 Å². The van der Waals surface area contributed by atoms with E-state index in [9.17, 15) is 14.4 Å². The number of nitrogens with one attached hydrogen (secondary N) is 2. The Balaban J connectivity index is 2.09. The van der Waals surface area contributed by atoms with Crippen molar-refractivity contribution in [1.29, 1.82) is 0 Å². The fourth-order valence-corrected chi connectivity index (χ4v) is 2.97. The first-order chi connectivity index (χ1) is 11.9. The maximum atomic E-state index is 13.0. The van der Waals surface area contributed by atoms with E-state index in [0.717, 1.165) is 12.0 Å². The zero-order valence-electron chi connectivity index (χ0n) is 15.0. The number of urea groups is 1. The van der Waals surface area contributed by atoms with Crippen LogP contribution in [0.15, 0.2) is 30.3 Å². The third kappa shape index (κ3) is 3.99. The average Bonchev–Trinajstić information content (AvgIpc) is 2.85. The van der Waals surface area contributed by atoms with Gasteiger partial charge in [-0.15, -0.1) is 0 Å². The number of carbonyl (C=O) groups excluding carboxylic acids is 3. The number of carbonyl (C=O) groups is 3. The zero-order valence-corrected chi connectivity index (χ0v) is 15.0. The van der Waals surface area contributed by atoms with Crippen molar-refractivity contribution in [2.24, 2.45) is 0 Å². The first-order valence-corrected chi connectivity index (χ1v) is 8.59. The number of likely N-dealkylation sites (N-methyl/N-ethyl adjacent to an activating group) is 1. The van der Waals surface area contributed by atoms with E-state index in [0.29, 0.717) is 13.0 Å². The number of nitrogens with zero attached hydrogens (tertiary/aromatic N) is 2. The first-order valence-electron chi connectivity index (χ1n) is 8.59. The molecule has 0 unspecified atom stereocenters. The predicted molar refractivity (Wildman–Crippen MR) is 94.6 cm³/mol. The van der Waals surface area contributed by atoms with E-state index in [2.05, 4.69) is 10.6 Å². The minimum Gasteiger partial charge on any atom is -0.355 e. The van der Waals surface area contributed by atoms with E-state index >= 15 is 0 Å².